The van der Waals surface area contributed by atoms with Crippen LogP contribution >= 0.6 is 15.9 Å². The number of hydrazone groups is 1. The zero-order chi connectivity index (χ0) is 20.0. The van der Waals surface area contributed by atoms with Crippen molar-refractivity contribution in [1.29, 1.82) is 0 Å². The van der Waals surface area contributed by atoms with Crippen molar-refractivity contribution in [2.24, 2.45) is 5.10 Å². The molecule has 1 N–H and O–H groups in total. The molecule has 0 aliphatic carbocycles. The van der Waals surface area contributed by atoms with Crippen LogP contribution in [0, 0.1) is 0 Å². The molecule has 1 amide bonds. The molecule has 2 rings (SSSR count). The van der Waals surface area contributed by atoms with Gasteiger partial charge in [-0.2, -0.15) is 18.3 Å². The first-order valence-electron chi connectivity index (χ1n) is 7.64. The number of rotatable bonds is 6. The van der Waals surface area contributed by atoms with E-state index in [0.29, 0.717) is 21.5 Å². The number of amides is 1. The predicted molar refractivity (Wildman–Crippen MR) is 98.1 cm³/mol. The van der Waals surface area contributed by atoms with Gasteiger partial charge in [-0.15, -0.1) is 0 Å². The maximum Gasteiger partial charge on any atom is 0.416 e. The lowest BCUT2D eigenvalue weighted by molar-refractivity contribution is -0.137. The highest BCUT2D eigenvalue weighted by Gasteiger charge is 2.30. The van der Waals surface area contributed by atoms with E-state index in [1.54, 1.807) is 12.1 Å². The van der Waals surface area contributed by atoms with Gasteiger partial charge in [0.2, 0.25) is 5.91 Å². The van der Waals surface area contributed by atoms with Gasteiger partial charge in [-0.05, 0) is 45.3 Å². The minimum absolute atomic E-state index is 0.225. The van der Waals surface area contributed by atoms with Crippen LogP contribution < -0.4 is 14.9 Å². The van der Waals surface area contributed by atoms with E-state index < -0.39 is 17.6 Å². The molecule has 0 aromatic heterocycles. The Morgan fingerprint density at radius 2 is 1.96 bits per heavy atom. The maximum absolute atomic E-state index is 12.7. The Kier molecular flexibility index (Phi) is 6.84. The summed E-state index contributed by atoms with van der Waals surface area (Å²) in [6.07, 6.45) is -3.29. The summed E-state index contributed by atoms with van der Waals surface area (Å²) >= 11 is 3.34. The van der Waals surface area contributed by atoms with Crippen LogP contribution in [0.4, 0.5) is 13.2 Å². The van der Waals surface area contributed by atoms with Gasteiger partial charge in [0, 0.05) is 0 Å². The molecule has 2 aromatic rings. The average molecular weight is 445 g/mol. The Balaban J connectivity index is 2.03. The number of nitrogens with zero attached hydrogens (tertiary/aromatic N) is 1. The second kappa shape index (κ2) is 8.90. The minimum Gasteiger partial charge on any atom is -0.493 e. The summed E-state index contributed by atoms with van der Waals surface area (Å²) in [5.41, 5.74) is 2.35. The van der Waals surface area contributed by atoms with E-state index >= 15 is 0 Å². The van der Waals surface area contributed by atoms with E-state index in [1.165, 1.54) is 32.6 Å². The quantitative estimate of drug-likeness (QED) is 0.536. The van der Waals surface area contributed by atoms with Crippen molar-refractivity contribution in [2.45, 2.75) is 12.6 Å². The third-order valence-electron chi connectivity index (χ3n) is 3.48. The molecule has 0 bridgehead atoms. The molecule has 0 unspecified atom stereocenters. The topological polar surface area (TPSA) is 59.9 Å². The highest BCUT2D eigenvalue weighted by Crippen LogP contribution is 2.35. The third kappa shape index (κ3) is 5.72. The number of nitrogens with one attached hydrogen (secondary N) is 1. The molecule has 0 saturated heterocycles. The first-order valence-corrected chi connectivity index (χ1v) is 8.43. The number of hydrogen-bond donors (Lipinski definition) is 1. The van der Waals surface area contributed by atoms with Crippen molar-refractivity contribution in [3.8, 4) is 11.5 Å². The van der Waals surface area contributed by atoms with Crippen LogP contribution in [0.1, 0.15) is 16.7 Å². The van der Waals surface area contributed by atoms with Crippen LogP contribution in [0.2, 0.25) is 0 Å². The second-order valence-electron chi connectivity index (χ2n) is 5.41. The van der Waals surface area contributed by atoms with Crippen LogP contribution in [-0.4, -0.2) is 26.3 Å². The molecule has 0 saturated carbocycles. The largest absolute Gasteiger partial charge is 0.493 e. The zero-order valence-corrected chi connectivity index (χ0v) is 16.0. The Morgan fingerprint density at radius 1 is 1.22 bits per heavy atom. The fourth-order valence-electron chi connectivity index (χ4n) is 2.27. The molecule has 2 aromatic carbocycles. The van der Waals surface area contributed by atoms with Gasteiger partial charge in [0.25, 0.3) is 0 Å². The number of methoxy groups -OCH3 is 2. The summed E-state index contributed by atoms with van der Waals surface area (Å²) in [6.45, 7) is 0. The number of carbonyl (C=O) groups excluding carboxylic acids is 1. The SMILES string of the molecule is COc1cc(/C=N\NC(=O)Cc2cccc(C(F)(F)F)c2)cc(Br)c1OC. The van der Waals surface area contributed by atoms with Crippen molar-refractivity contribution in [3.05, 3.63) is 57.6 Å². The molecular weight excluding hydrogens is 429 g/mol. The Hall–Kier alpha value is -2.55. The Labute approximate surface area is 162 Å². The summed E-state index contributed by atoms with van der Waals surface area (Å²) in [5, 5.41) is 3.82. The van der Waals surface area contributed by atoms with Gasteiger partial charge in [0.05, 0.1) is 36.9 Å². The van der Waals surface area contributed by atoms with Crippen molar-refractivity contribution in [2.75, 3.05) is 14.2 Å². The summed E-state index contributed by atoms with van der Waals surface area (Å²) in [5.74, 6) is 0.456. The van der Waals surface area contributed by atoms with Crippen molar-refractivity contribution in [1.82, 2.24) is 5.43 Å². The lowest BCUT2D eigenvalue weighted by Crippen LogP contribution is -2.20. The second-order valence-corrected chi connectivity index (χ2v) is 6.26. The van der Waals surface area contributed by atoms with Gasteiger partial charge in [-0.3, -0.25) is 4.79 Å². The standard InChI is InChI=1S/C18H16BrF3N2O3/c1-26-15-8-12(7-14(19)17(15)27-2)10-23-24-16(25)9-11-4-3-5-13(6-11)18(20,21)22/h3-8,10H,9H2,1-2H3,(H,24,25)/b23-10-. The molecular formula is C18H16BrF3N2O3. The molecule has 0 atom stereocenters. The van der Waals surface area contributed by atoms with Gasteiger partial charge in [0.1, 0.15) is 0 Å². The average Bonchev–Trinajstić information content (AvgIpc) is 2.60. The van der Waals surface area contributed by atoms with Gasteiger partial charge in [0.15, 0.2) is 11.5 Å². The first-order chi connectivity index (χ1) is 12.7. The molecule has 5 nitrogen and oxygen atoms in total. The predicted octanol–water partition coefficient (Wildman–Crippen LogP) is 4.18. The number of carbonyl (C=O) groups is 1. The molecule has 144 valence electrons. The van der Waals surface area contributed by atoms with Crippen molar-refractivity contribution >= 4 is 28.1 Å². The maximum atomic E-state index is 12.7. The molecule has 0 aliphatic rings. The fraction of sp³-hybridized carbons (Fsp3) is 0.222. The molecule has 27 heavy (non-hydrogen) atoms. The fourth-order valence-corrected chi connectivity index (χ4v) is 2.90. The number of alkyl halides is 3. The minimum atomic E-state index is -4.45. The zero-order valence-electron chi connectivity index (χ0n) is 14.4. The Morgan fingerprint density at radius 3 is 2.59 bits per heavy atom. The lowest BCUT2D eigenvalue weighted by Gasteiger charge is -2.10. The van der Waals surface area contributed by atoms with Gasteiger partial charge in [-0.25, -0.2) is 5.43 Å². The van der Waals surface area contributed by atoms with Crippen LogP contribution in [0.25, 0.3) is 0 Å². The first kappa shape index (κ1) is 20.8. The number of benzene rings is 2. The summed E-state index contributed by atoms with van der Waals surface area (Å²) in [6, 6.07) is 7.97. The van der Waals surface area contributed by atoms with Crippen LogP contribution in [0.5, 0.6) is 11.5 Å². The van der Waals surface area contributed by atoms with Gasteiger partial charge >= 0.3 is 6.18 Å². The summed E-state index contributed by atoms with van der Waals surface area (Å²) in [7, 11) is 2.99. The van der Waals surface area contributed by atoms with Gasteiger partial charge in [-0.1, -0.05) is 18.2 Å². The lowest BCUT2D eigenvalue weighted by atomic mass is 10.1. The molecule has 0 spiro atoms. The monoisotopic (exact) mass is 444 g/mol. The summed E-state index contributed by atoms with van der Waals surface area (Å²) in [4.78, 5) is 11.9. The number of hydrogen-bond acceptors (Lipinski definition) is 4. The number of halogens is 4. The van der Waals surface area contributed by atoms with E-state index in [9.17, 15) is 18.0 Å². The van der Waals surface area contributed by atoms with E-state index in [0.717, 1.165) is 12.1 Å². The van der Waals surface area contributed by atoms with Crippen LogP contribution in [0.3, 0.4) is 0 Å². The molecule has 0 aliphatic heterocycles. The highest BCUT2D eigenvalue weighted by atomic mass is 79.9. The van der Waals surface area contributed by atoms with Crippen molar-refractivity contribution < 1.29 is 27.4 Å². The van der Waals surface area contributed by atoms with E-state index in [2.05, 4.69) is 26.5 Å². The van der Waals surface area contributed by atoms with Gasteiger partial charge < -0.3 is 9.47 Å². The molecule has 0 radical (unpaired) electrons. The van der Waals surface area contributed by atoms with E-state index in [1.807, 2.05) is 0 Å². The molecule has 0 fully saturated rings. The summed E-state index contributed by atoms with van der Waals surface area (Å²) < 4.78 is 49.1. The molecule has 0 heterocycles. The van der Waals surface area contributed by atoms with Crippen LogP contribution in [0.15, 0.2) is 46.0 Å². The number of ether oxygens (including phenoxy) is 2. The normalized spacial score (nSPS) is 11.5. The van der Waals surface area contributed by atoms with Crippen LogP contribution in [-0.2, 0) is 17.4 Å². The molecule has 9 heteroatoms. The van der Waals surface area contributed by atoms with E-state index in [-0.39, 0.29) is 12.0 Å². The van der Waals surface area contributed by atoms with Crippen molar-refractivity contribution in [3.63, 3.8) is 0 Å². The Bertz CT molecular complexity index is 854. The van der Waals surface area contributed by atoms with E-state index in [4.69, 9.17) is 9.47 Å². The third-order valence-corrected chi connectivity index (χ3v) is 4.07. The highest BCUT2D eigenvalue weighted by molar-refractivity contribution is 9.10. The smallest absolute Gasteiger partial charge is 0.416 e.